The Kier molecular flexibility index (Phi) is 12.0. The van der Waals surface area contributed by atoms with Crippen LogP contribution in [0.25, 0.3) is 0 Å². The molecule has 216 valence electrons. The zero-order chi connectivity index (χ0) is 28.7. The van der Waals surface area contributed by atoms with Crippen molar-refractivity contribution in [3.63, 3.8) is 0 Å². The van der Waals surface area contributed by atoms with Gasteiger partial charge in [0, 0.05) is 35.0 Å². The Bertz CT molecular complexity index is 1030. The quantitative estimate of drug-likeness (QED) is 0.267. The number of aliphatic hydroxyl groups excluding tert-OH is 1. The number of phosphoric ester groups is 1. The second-order valence-electron chi connectivity index (χ2n) is 10.7. The Balaban J connectivity index is 1.97. The standard InChI is InChI=1S/C23H38N3O9PS2/c1-22(2,3)19(28)37-11-9-32-36(31,33-10-12-38-20(29)23(4,5)6)34-14-15-13-16(27)18(35-15)26-8-7-17(24)25-21(26)30/h7-8,15-16,18,27H,9-14H2,1-6H3,(H2,24,25,30)/t15-,16+,18+/m0/s1. The van der Waals surface area contributed by atoms with E-state index in [-0.39, 0.29) is 53.8 Å². The zero-order valence-corrected chi connectivity index (χ0v) is 25.1. The summed E-state index contributed by atoms with van der Waals surface area (Å²) in [7, 11) is -4.11. The zero-order valence-electron chi connectivity index (χ0n) is 22.6. The minimum atomic E-state index is -4.11. The largest absolute Gasteiger partial charge is 0.474 e. The van der Waals surface area contributed by atoms with Crippen molar-refractivity contribution in [2.24, 2.45) is 10.8 Å². The van der Waals surface area contributed by atoms with E-state index in [0.29, 0.717) is 0 Å². The second kappa shape index (κ2) is 13.9. The van der Waals surface area contributed by atoms with Gasteiger partial charge in [-0.1, -0.05) is 65.1 Å². The fraction of sp³-hybridized carbons (Fsp3) is 0.739. The summed E-state index contributed by atoms with van der Waals surface area (Å²) in [4.78, 5) is 40.0. The van der Waals surface area contributed by atoms with Gasteiger partial charge in [0.2, 0.25) is 0 Å². The number of aliphatic hydroxyl groups is 1. The molecule has 38 heavy (non-hydrogen) atoms. The number of nitrogens with zero attached hydrogens (tertiary/aromatic N) is 2. The van der Waals surface area contributed by atoms with E-state index >= 15 is 0 Å². The molecular formula is C23H38N3O9PS2. The molecule has 0 saturated carbocycles. The van der Waals surface area contributed by atoms with Gasteiger partial charge in [0.25, 0.3) is 0 Å². The molecule has 15 heteroatoms. The van der Waals surface area contributed by atoms with Crippen LogP contribution in [0, 0.1) is 10.8 Å². The molecule has 1 aromatic heterocycles. The van der Waals surface area contributed by atoms with E-state index in [1.807, 2.05) is 0 Å². The maximum absolute atomic E-state index is 13.3. The highest BCUT2D eigenvalue weighted by molar-refractivity contribution is 8.14. The van der Waals surface area contributed by atoms with Crippen LogP contribution in [0.2, 0.25) is 0 Å². The van der Waals surface area contributed by atoms with Gasteiger partial charge in [0.1, 0.15) is 11.9 Å². The number of hydrogen-bond donors (Lipinski definition) is 2. The lowest BCUT2D eigenvalue weighted by Gasteiger charge is -2.21. The summed E-state index contributed by atoms with van der Waals surface area (Å²) in [5.74, 6) is 0.508. The number of hydrogen-bond acceptors (Lipinski definition) is 13. The van der Waals surface area contributed by atoms with Gasteiger partial charge in [0.05, 0.1) is 25.9 Å². The predicted molar refractivity (Wildman–Crippen MR) is 147 cm³/mol. The number of anilines is 1. The van der Waals surface area contributed by atoms with Gasteiger partial charge in [-0.15, -0.1) is 0 Å². The molecule has 0 aliphatic carbocycles. The van der Waals surface area contributed by atoms with Crippen molar-refractivity contribution in [3.8, 4) is 0 Å². The molecular weight excluding hydrogens is 557 g/mol. The van der Waals surface area contributed by atoms with Crippen LogP contribution < -0.4 is 11.4 Å². The fourth-order valence-corrected chi connectivity index (χ4v) is 6.01. The first-order valence-electron chi connectivity index (χ1n) is 12.1. The summed E-state index contributed by atoms with van der Waals surface area (Å²) < 4.78 is 36.6. The number of phosphoric acid groups is 1. The van der Waals surface area contributed by atoms with Gasteiger partial charge in [-0.2, -0.15) is 4.98 Å². The minimum Gasteiger partial charge on any atom is -0.388 e. The average Bonchev–Trinajstić information content (AvgIpc) is 3.17. The number of aromatic nitrogens is 2. The second-order valence-corrected chi connectivity index (χ2v) is 14.5. The van der Waals surface area contributed by atoms with Crippen molar-refractivity contribution >= 4 is 47.4 Å². The normalized spacial score (nSPS) is 20.6. The first-order chi connectivity index (χ1) is 17.5. The van der Waals surface area contributed by atoms with Crippen molar-refractivity contribution in [2.75, 3.05) is 37.1 Å². The molecule has 3 N–H and O–H groups in total. The maximum Gasteiger partial charge on any atom is 0.474 e. The minimum absolute atomic E-state index is 0.0401. The third-order valence-electron chi connectivity index (χ3n) is 5.07. The molecule has 0 unspecified atom stereocenters. The molecule has 1 saturated heterocycles. The van der Waals surface area contributed by atoms with Gasteiger partial charge < -0.3 is 15.6 Å². The molecule has 1 aromatic rings. The Hall–Kier alpha value is -1.25. The first-order valence-corrected chi connectivity index (χ1v) is 15.5. The number of rotatable bonds is 12. The summed E-state index contributed by atoms with van der Waals surface area (Å²) in [6.07, 6.45) is -1.34. The Morgan fingerprint density at radius 3 is 2.11 bits per heavy atom. The molecule has 3 atom stereocenters. The smallest absolute Gasteiger partial charge is 0.388 e. The van der Waals surface area contributed by atoms with Crippen molar-refractivity contribution in [3.05, 3.63) is 22.7 Å². The molecule has 0 bridgehead atoms. The Morgan fingerprint density at radius 2 is 1.63 bits per heavy atom. The van der Waals surface area contributed by atoms with Crippen LogP contribution in [0.3, 0.4) is 0 Å². The van der Waals surface area contributed by atoms with Crippen LogP contribution in [0.1, 0.15) is 54.2 Å². The van der Waals surface area contributed by atoms with Gasteiger partial charge in [-0.25, -0.2) is 9.36 Å². The first kappa shape index (κ1) is 33.0. The molecule has 0 radical (unpaired) electrons. The van der Waals surface area contributed by atoms with Crippen LogP contribution in [0.4, 0.5) is 5.82 Å². The van der Waals surface area contributed by atoms with E-state index in [2.05, 4.69) is 4.98 Å². The monoisotopic (exact) mass is 595 g/mol. The van der Waals surface area contributed by atoms with Gasteiger partial charge in [0.15, 0.2) is 16.5 Å². The average molecular weight is 596 g/mol. The lowest BCUT2D eigenvalue weighted by atomic mass is 9.99. The lowest BCUT2D eigenvalue weighted by Crippen LogP contribution is -2.31. The molecule has 1 aliphatic heterocycles. The predicted octanol–water partition coefficient (Wildman–Crippen LogP) is 3.24. The maximum atomic E-state index is 13.3. The third kappa shape index (κ3) is 10.4. The summed E-state index contributed by atoms with van der Waals surface area (Å²) in [6.45, 7) is 10.4. The lowest BCUT2D eigenvalue weighted by molar-refractivity contribution is -0.118. The molecule has 1 aliphatic rings. The van der Waals surface area contributed by atoms with E-state index in [1.54, 1.807) is 41.5 Å². The molecule has 0 amide bonds. The topological polar surface area (TPSA) is 169 Å². The van der Waals surface area contributed by atoms with E-state index in [1.165, 1.54) is 12.3 Å². The Labute approximate surface area is 231 Å². The molecule has 2 rings (SSSR count). The highest BCUT2D eigenvalue weighted by Gasteiger charge is 2.38. The summed E-state index contributed by atoms with van der Waals surface area (Å²) in [5.41, 5.74) is 3.77. The van der Waals surface area contributed by atoms with Crippen LogP contribution in [0.5, 0.6) is 0 Å². The van der Waals surface area contributed by atoms with Crippen LogP contribution in [-0.4, -0.2) is 68.4 Å². The van der Waals surface area contributed by atoms with Crippen molar-refractivity contribution < 1.29 is 37.6 Å². The molecule has 1 fully saturated rings. The Morgan fingerprint density at radius 1 is 1.11 bits per heavy atom. The van der Waals surface area contributed by atoms with Crippen molar-refractivity contribution in [1.29, 1.82) is 0 Å². The van der Waals surface area contributed by atoms with Crippen LogP contribution in [0.15, 0.2) is 17.1 Å². The van der Waals surface area contributed by atoms with E-state index in [4.69, 9.17) is 24.0 Å². The van der Waals surface area contributed by atoms with Gasteiger partial charge in [-0.05, 0) is 6.07 Å². The summed E-state index contributed by atoms with van der Waals surface area (Å²) in [5, 5.41) is 10.3. The SMILES string of the molecule is CC(C)(C)C(=O)SCCOP(=O)(OCCSC(=O)C(C)(C)C)OC[C@@H]1C[C@@H](O)[C@H](n2ccc(N)nc2=O)O1. The summed E-state index contributed by atoms with van der Waals surface area (Å²) in [6, 6.07) is 1.40. The van der Waals surface area contributed by atoms with Gasteiger partial charge >= 0.3 is 13.5 Å². The third-order valence-corrected chi connectivity index (χ3v) is 9.02. The van der Waals surface area contributed by atoms with Crippen LogP contribution >= 0.6 is 31.3 Å². The highest BCUT2D eigenvalue weighted by Crippen LogP contribution is 2.50. The van der Waals surface area contributed by atoms with Crippen molar-refractivity contribution in [2.45, 2.75) is 66.4 Å². The van der Waals surface area contributed by atoms with E-state index < -0.39 is 42.8 Å². The molecule has 0 aromatic carbocycles. The number of nitrogens with two attached hydrogens (primary N) is 1. The summed E-state index contributed by atoms with van der Waals surface area (Å²) >= 11 is 2.11. The molecule has 0 spiro atoms. The van der Waals surface area contributed by atoms with Gasteiger partial charge in [-0.3, -0.25) is 27.7 Å². The highest BCUT2D eigenvalue weighted by atomic mass is 32.2. The van der Waals surface area contributed by atoms with Crippen LogP contribution in [-0.2, 0) is 32.5 Å². The fourth-order valence-electron chi connectivity index (χ4n) is 2.99. The number of ether oxygens (including phenoxy) is 1. The number of carbonyl (C=O) groups is 2. The van der Waals surface area contributed by atoms with E-state index in [9.17, 15) is 24.1 Å². The molecule has 2 heterocycles. The van der Waals surface area contributed by atoms with Crippen molar-refractivity contribution in [1.82, 2.24) is 9.55 Å². The van der Waals surface area contributed by atoms with E-state index in [0.717, 1.165) is 28.1 Å². The number of carbonyl (C=O) groups excluding carboxylic acids is 2. The molecule has 12 nitrogen and oxygen atoms in total. The number of thioether (sulfide) groups is 2. The number of nitrogen functional groups attached to an aromatic ring is 1.